The van der Waals surface area contributed by atoms with E-state index in [1.165, 1.54) is 43.6 Å². The number of anilines is 1. The van der Waals surface area contributed by atoms with E-state index in [4.69, 9.17) is 11.6 Å². The Morgan fingerprint density at radius 1 is 1.20 bits per heavy atom. The Balaban J connectivity index is 1.76. The van der Waals surface area contributed by atoms with Crippen molar-refractivity contribution in [1.82, 2.24) is 5.32 Å². The molecule has 1 aromatic rings. The number of nitrogens with one attached hydrogen (secondary N) is 1. The second-order valence-corrected chi connectivity index (χ2v) is 7.05. The Kier molecular flexibility index (Phi) is 4.23. The first-order valence-electron chi connectivity index (χ1n) is 7.90. The third-order valence-electron chi connectivity index (χ3n) is 4.87. The van der Waals surface area contributed by atoms with Crippen LogP contribution in [0.5, 0.6) is 0 Å². The average molecular weight is 293 g/mol. The number of halogens is 1. The first-order valence-corrected chi connectivity index (χ1v) is 8.28. The zero-order valence-corrected chi connectivity index (χ0v) is 13.3. The molecule has 0 radical (unpaired) electrons. The monoisotopic (exact) mass is 292 g/mol. The van der Waals surface area contributed by atoms with Crippen molar-refractivity contribution < 1.29 is 0 Å². The molecule has 2 atom stereocenters. The van der Waals surface area contributed by atoms with Gasteiger partial charge in [0.25, 0.3) is 0 Å². The van der Waals surface area contributed by atoms with Crippen LogP contribution >= 0.6 is 11.6 Å². The zero-order valence-electron chi connectivity index (χ0n) is 12.5. The van der Waals surface area contributed by atoms with E-state index in [9.17, 15) is 0 Å². The second-order valence-electron chi connectivity index (χ2n) is 6.62. The van der Waals surface area contributed by atoms with E-state index >= 15 is 0 Å². The summed E-state index contributed by atoms with van der Waals surface area (Å²) in [4.78, 5) is 2.55. The lowest BCUT2D eigenvalue weighted by molar-refractivity contribution is 0.323. The van der Waals surface area contributed by atoms with Gasteiger partial charge in [0, 0.05) is 36.4 Å². The minimum Gasteiger partial charge on any atom is -0.371 e. The van der Waals surface area contributed by atoms with Crippen LogP contribution in [0.3, 0.4) is 0 Å². The van der Waals surface area contributed by atoms with Crippen molar-refractivity contribution in [2.75, 3.05) is 18.0 Å². The molecule has 110 valence electrons. The number of benzene rings is 1. The van der Waals surface area contributed by atoms with Gasteiger partial charge in [-0.05, 0) is 54.9 Å². The molecule has 1 N–H and O–H groups in total. The van der Waals surface area contributed by atoms with Crippen molar-refractivity contribution >= 4 is 17.3 Å². The summed E-state index contributed by atoms with van der Waals surface area (Å²) in [6.07, 6.45) is 3.95. The van der Waals surface area contributed by atoms with Gasteiger partial charge in [0.05, 0.1) is 0 Å². The lowest BCUT2D eigenvalue weighted by Gasteiger charge is -2.38. The molecule has 0 aromatic heterocycles. The fourth-order valence-electron chi connectivity index (χ4n) is 3.03. The summed E-state index contributed by atoms with van der Waals surface area (Å²) in [5.41, 5.74) is 2.73. The summed E-state index contributed by atoms with van der Waals surface area (Å²) in [6.45, 7) is 8.03. The van der Waals surface area contributed by atoms with Gasteiger partial charge in [-0.3, -0.25) is 0 Å². The Morgan fingerprint density at radius 3 is 2.70 bits per heavy atom. The predicted octanol–water partition coefficient (Wildman–Crippen LogP) is 4.07. The third kappa shape index (κ3) is 3.29. The topological polar surface area (TPSA) is 15.3 Å². The van der Waals surface area contributed by atoms with Crippen molar-refractivity contribution in [3.63, 3.8) is 0 Å². The van der Waals surface area contributed by atoms with Crippen LogP contribution < -0.4 is 10.2 Å². The largest absolute Gasteiger partial charge is 0.371 e. The van der Waals surface area contributed by atoms with E-state index in [1.807, 2.05) is 6.07 Å². The smallest absolute Gasteiger partial charge is 0.0412 e. The van der Waals surface area contributed by atoms with Crippen molar-refractivity contribution in [1.29, 1.82) is 0 Å². The van der Waals surface area contributed by atoms with Crippen LogP contribution in [0.2, 0.25) is 5.02 Å². The molecule has 0 amide bonds. The maximum atomic E-state index is 6.19. The van der Waals surface area contributed by atoms with Gasteiger partial charge in [0.15, 0.2) is 0 Å². The Labute approximate surface area is 127 Å². The van der Waals surface area contributed by atoms with Crippen LogP contribution in [-0.2, 0) is 6.54 Å². The summed E-state index contributed by atoms with van der Waals surface area (Å²) >= 11 is 6.19. The molecule has 0 spiro atoms. The molecule has 1 saturated heterocycles. The Morgan fingerprint density at radius 2 is 2.00 bits per heavy atom. The average Bonchev–Trinajstić information content (AvgIpc) is 3.24. The Bertz CT molecular complexity index is 470. The van der Waals surface area contributed by atoms with Gasteiger partial charge in [0.2, 0.25) is 0 Å². The molecule has 2 nitrogen and oxygen atoms in total. The highest BCUT2D eigenvalue weighted by molar-refractivity contribution is 6.30. The van der Waals surface area contributed by atoms with Gasteiger partial charge in [-0.2, -0.15) is 0 Å². The van der Waals surface area contributed by atoms with Gasteiger partial charge in [-0.15, -0.1) is 0 Å². The molecule has 2 aliphatic rings. The van der Waals surface area contributed by atoms with Crippen molar-refractivity contribution in [2.24, 2.45) is 11.8 Å². The van der Waals surface area contributed by atoms with Crippen LogP contribution in [0.25, 0.3) is 0 Å². The third-order valence-corrected chi connectivity index (χ3v) is 5.11. The molecular weight excluding hydrogens is 268 g/mol. The summed E-state index contributed by atoms with van der Waals surface area (Å²) in [5.74, 6) is 1.61. The fourth-order valence-corrected chi connectivity index (χ4v) is 3.22. The molecule has 2 unspecified atom stereocenters. The van der Waals surface area contributed by atoms with Gasteiger partial charge in [-0.1, -0.05) is 25.4 Å². The van der Waals surface area contributed by atoms with E-state index in [0.29, 0.717) is 0 Å². The Hall–Kier alpha value is -0.730. The molecule has 20 heavy (non-hydrogen) atoms. The van der Waals surface area contributed by atoms with Gasteiger partial charge in [-0.25, -0.2) is 0 Å². The highest BCUT2D eigenvalue weighted by Gasteiger charge is 2.25. The number of hydrogen-bond acceptors (Lipinski definition) is 2. The fraction of sp³-hybridized carbons (Fsp3) is 0.647. The zero-order chi connectivity index (χ0) is 14.1. The van der Waals surface area contributed by atoms with Gasteiger partial charge < -0.3 is 10.2 Å². The molecule has 1 aliphatic heterocycles. The summed E-state index contributed by atoms with van der Waals surface area (Å²) < 4.78 is 0. The molecule has 0 bridgehead atoms. The van der Waals surface area contributed by atoms with Crippen molar-refractivity contribution in [3.05, 3.63) is 28.8 Å². The molecule has 1 heterocycles. The minimum absolute atomic E-state index is 0.738. The normalized spacial score (nSPS) is 26.9. The maximum Gasteiger partial charge on any atom is 0.0412 e. The maximum absolute atomic E-state index is 6.19. The highest BCUT2D eigenvalue weighted by atomic mass is 35.5. The van der Waals surface area contributed by atoms with Crippen LogP contribution in [0, 0.1) is 11.8 Å². The van der Waals surface area contributed by atoms with Crippen LogP contribution in [-0.4, -0.2) is 19.1 Å². The SMILES string of the molecule is CC1CCN(c2ccc(Cl)cc2CNC2CC2)CC1C. The summed E-state index contributed by atoms with van der Waals surface area (Å²) in [5, 5.41) is 4.46. The highest BCUT2D eigenvalue weighted by Crippen LogP contribution is 2.31. The van der Waals surface area contributed by atoms with Gasteiger partial charge >= 0.3 is 0 Å². The predicted molar refractivity (Wildman–Crippen MR) is 86.5 cm³/mol. The molecular formula is C17H25ClN2. The molecule has 3 heteroatoms. The number of nitrogens with zero attached hydrogens (tertiary/aromatic N) is 1. The molecule has 3 rings (SSSR count). The lowest BCUT2D eigenvalue weighted by atomic mass is 9.88. The lowest BCUT2D eigenvalue weighted by Crippen LogP contribution is -2.39. The second kappa shape index (κ2) is 5.95. The first-order chi connectivity index (χ1) is 9.63. The summed E-state index contributed by atoms with van der Waals surface area (Å²) in [6, 6.07) is 7.10. The van der Waals surface area contributed by atoms with Gasteiger partial charge in [0.1, 0.15) is 0 Å². The van der Waals surface area contributed by atoms with Crippen LogP contribution in [0.4, 0.5) is 5.69 Å². The number of piperidine rings is 1. The quantitative estimate of drug-likeness (QED) is 0.900. The summed E-state index contributed by atoms with van der Waals surface area (Å²) in [7, 11) is 0. The van der Waals surface area contributed by atoms with Crippen LogP contribution in [0.15, 0.2) is 18.2 Å². The molecule has 1 aliphatic carbocycles. The molecule has 1 aromatic carbocycles. The number of hydrogen-bond donors (Lipinski definition) is 1. The standard InChI is InChI=1S/C17H25ClN2/c1-12-7-8-20(11-13(12)2)17-6-3-15(18)9-14(17)10-19-16-4-5-16/h3,6,9,12-13,16,19H,4-5,7-8,10-11H2,1-2H3. The van der Waals surface area contributed by atoms with Crippen molar-refractivity contribution in [3.8, 4) is 0 Å². The number of rotatable bonds is 4. The molecule has 1 saturated carbocycles. The molecule has 2 fully saturated rings. The van der Waals surface area contributed by atoms with E-state index < -0.39 is 0 Å². The van der Waals surface area contributed by atoms with Crippen LogP contribution in [0.1, 0.15) is 38.7 Å². The van der Waals surface area contributed by atoms with E-state index in [2.05, 4.69) is 36.2 Å². The minimum atomic E-state index is 0.738. The first kappa shape index (κ1) is 14.2. The van der Waals surface area contributed by atoms with E-state index in [-0.39, 0.29) is 0 Å². The van der Waals surface area contributed by atoms with E-state index in [1.54, 1.807) is 0 Å². The van der Waals surface area contributed by atoms with E-state index in [0.717, 1.165) is 29.4 Å². The van der Waals surface area contributed by atoms with Crippen molar-refractivity contribution in [2.45, 2.75) is 45.7 Å².